The molecule has 0 saturated carbocycles. The lowest BCUT2D eigenvalue weighted by Gasteiger charge is -2.27. The van der Waals surface area contributed by atoms with Crippen molar-refractivity contribution in [2.45, 2.75) is 19.3 Å². The highest BCUT2D eigenvalue weighted by Crippen LogP contribution is 2.19. The second-order valence-corrected chi connectivity index (χ2v) is 5.15. The van der Waals surface area contributed by atoms with Crippen LogP contribution in [0.25, 0.3) is 0 Å². The van der Waals surface area contributed by atoms with Gasteiger partial charge in [-0.1, -0.05) is 0 Å². The molecule has 2 fully saturated rings. The molecule has 1 unspecified atom stereocenters. The summed E-state index contributed by atoms with van der Waals surface area (Å²) in [4.78, 5) is 5.07. The van der Waals surface area contributed by atoms with Gasteiger partial charge in [-0.3, -0.25) is 0 Å². The van der Waals surface area contributed by atoms with E-state index in [9.17, 15) is 0 Å². The lowest BCUT2D eigenvalue weighted by Crippen LogP contribution is -2.43. The first-order chi connectivity index (χ1) is 7.34. The Labute approximate surface area is 93.8 Å². The van der Waals surface area contributed by atoms with E-state index in [1.807, 2.05) is 0 Å². The molecule has 1 atom stereocenters. The van der Waals surface area contributed by atoms with Crippen molar-refractivity contribution in [2.24, 2.45) is 5.92 Å². The summed E-state index contributed by atoms with van der Waals surface area (Å²) in [5, 5.41) is 3.40. The molecule has 0 amide bonds. The lowest BCUT2D eigenvalue weighted by atomic mass is 10.0. The van der Waals surface area contributed by atoms with Gasteiger partial charge in [0.2, 0.25) is 0 Å². The van der Waals surface area contributed by atoms with E-state index in [4.69, 9.17) is 0 Å². The van der Waals surface area contributed by atoms with E-state index < -0.39 is 0 Å². The van der Waals surface area contributed by atoms with E-state index in [1.54, 1.807) is 0 Å². The van der Waals surface area contributed by atoms with Crippen molar-refractivity contribution in [1.82, 2.24) is 15.1 Å². The molecule has 0 aromatic rings. The number of nitrogens with zero attached hydrogens (tertiary/aromatic N) is 2. The van der Waals surface area contributed by atoms with Crippen LogP contribution < -0.4 is 5.32 Å². The minimum Gasteiger partial charge on any atom is -0.314 e. The fourth-order valence-electron chi connectivity index (χ4n) is 2.80. The zero-order valence-electron chi connectivity index (χ0n) is 10.0. The van der Waals surface area contributed by atoms with Crippen molar-refractivity contribution in [1.29, 1.82) is 0 Å². The fraction of sp³-hybridized carbons (Fsp3) is 1.00. The second kappa shape index (κ2) is 5.83. The lowest BCUT2D eigenvalue weighted by molar-refractivity contribution is 0.231. The normalized spacial score (nSPS) is 29.8. The molecule has 2 rings (SSSR count). The minimum absolute atomic E-state index is 0.984. The molecule has 0 bridgehead atoms. The Morgan fingerprint density at radius 2 is 2.00 bits per heavy atom. The smallest absolute Gasteiger partial charge is 0.0107 e. The predicted molar refractivity (Wildman–Crippen MR) is 64.1 cm³/mol. The Morgan fingerprint density at radius 3 is 2.67 bits per heavy atom. The van der Waals surface area contributed by atoms with Crippen LogP contribution in [-0.4, -0.2) is 62.7 Å². The molecule has 0 aromatic heterocycles. The van der Waals surface area contributed by atoms with Crippen LogP contribution in [0.2, 0.25) is 0 Å². The number of rotatable bonds is 4. The largest absolute Gasteiger partial charge is 0.314 e. The third kappa shape index (κ3) is 3.74. The summed E-state index contributed by atoms with van der Waals surface area (Å²) in [5.41, 5.74) is 0. The van der Waals surface area contributed by atoms with Gasteiger partial charge in [-0.25, -0.2) is 0 Å². The molecule has 2 heterocycles. The molecule has 0 spiro atoms. The van der Waals surface area contributed by atoms with Crippen molar-refractivity contribution < 1.29 is 0 Å². The molecule has 0 radical (unpaired) electrons. The molecule has 2 aliphatic heterocycles. The van der Waals surface area contributed by atoms with Gasteiger partial charge in [-0.05, 0) is 45.3 Å². The van der Waals surface area contributed by atoms with Gasteiger partial charge in [0.25, 0.3) is 0 Å². The molecule has 0 aliphatic carbocycles. The Hall–Kier alpha value is -0.120. The minimum atomic E-state index is 0.984. The van der Waals surface area contributed by atoms with E-state index in [-0.39, 0.29) is 0 Å². The Morgan fingerprint density at radius 1 is 1.20 bits per heavy atom. The van der Waals surface area contributed by atoms with Crippen molar-refractivity contribution in [3.05, 3.63) is 0 Å². The molecule has 15 heavy (non-hydrogen) atoms. The number of likely N-dealkylation sites (tertiary alicyclic amines) is 1. The first kappa shape index (κ1) is 11.4. The molecule has 2 aliphatic rings. The summed E-state index contributed by atoms with van der Waals surface area (Å²) >= 11 is 0. The van der Waals surface area contributed by atoms with E-state index in [1.165, 1.54) is 65.1 Å². The van der Waals surface area contributed by atoms with Crippen LogP contribution in [0.4, 0.5) is 0 Å². The monoisotopic (exact) mass is 211 g/mol. The molecule has 1 N–H and O–H groups in total. The number of hydrogen-bond donors (Lipinski definition) is 1. The number of piperazine rings is 1. The van der Waals surface area contributed by atoms with Gasteiger partial charge in [-0.2, -0.15) is 0 Å². The van der Waals surface area contributed by atoms with Gasteiger partial charge in [0.15, 0.2) is 0 Å². The molecule has 3 nitrogen and oxygen atoms in total. The maximum absolute atomic E-state index is 3.40. The van der Waals surface area contributed by atoms with Crippen LogP contribution in [0.15, 0.2) is 0 Å². The zero-order valence-corrected chi connectivity index (χ0v) is 10.0. The SMILES string of the molecule is CN1CCC(CCCN2CCNCC2)C1. The summed E-state index contributed by atoms with van der Waals surface area (Å²) in [7, 11) is 2.25. The van der Waals surface area contributed by atoms with Crippen LogP contribution in [0.5, 0.6) is 0 Å². The topological polar surface area (TPSA) is 18.5 Å². The summed E-state index contributed by atoms with van der Waals surface area (Å²) in [5.74, 6) is 0.984. The molecular weight excluding hydrogens is 186 g/mol. The fourth-order valence-corrected chi connectivity index (χ4v) is 2.80. The van der Waals surface area contributed by atoms with Crippen LogP contribution in [0.1, 0.15) is 19.3 Å². The van der Waals surface area contributed by atoms with Gasteiger partial charge >= 0.3 is 0 Å². The third-order valence-corrected chi connectivity index (χ3v) is 3.79. The number of nitrogens with one attached hydrogen (secondary N) is 1. The summed E-state index contributed by atoms with van der Waals surface area (Å²) in [6.45, 7) is 8.86. The highest BCUT2D eigenvalue weighted by Gasteiger charge is 2.19. The standard InChI is InChI=1S/C12H25N3/c1-14-8-4-12(11-14)3-2-7-15-9-5-13-6-10-15/h12-13H,2-11H2,1H3. The van der Waals surface area contributed by atoms with Crippen molar-refractivity contribution in [2.75, 3.05) is 52.9 Å². The third-order valence-electron chi connectivity index (χ3n) is 3.79. The summed E-state index contributed by atoms with van der Waals surface area (Å²) in [6, 6.07) is 0. The van der Waals surface area contributed by atoms with Gasteiger partial charge in [-0.15, -0.1) is 0 Å². The highest BCUT2D eigenvalue weighted by molar-refractivity contribution is 4.74. The first-order valence-electron chi connectivity index (χ1n) is 6.46. The van der Waals surface area contributed by atoms with Gasteiger partial charge in [0.1, 0.15) is 0 Å². The molecule has 2 saturated heterocycles. The highest BCUT2D eigenvalue weighted by atomic mass is 15.2. The number of hydrogen-bond acceptors (Lipinski definition) is 3. The van der Waals surface area contributed by atoms with Crippen molar-refractivity contribution in [3.8, 4) is 0 Å². The van der Waals surface area contributed by atoms with Crippen LogP contribution in [0, 0.1) is 5.92 Å². The van der Waals surface area contributed by atoms with Gasteiger partial charge in [0.05, 0.1) is 0 Å². The quantitative estimate of drug-likeness (QED) is 0.735. The molecular formula is C12H25N3. The van der Waals surface area contributed by atoms with E-state index in [2.05, 4.69) is 22.2 Å². The second-order valence-electron chi connectivity index (χ2n) is 5.15. The predicted octanol–water partition coefficient (Wildman–Crippen LogP) is 0.624. The average molecular weight is 211 g/mol. The zero-order chi connectivity index (χ0) is 10.5. The molecule has 88 valence electrons. The Bertz CT molecular complexity index is 173. The van der Waals surface area contributed by atoms with Crippen LogP contribution in [0.3, 0.4) is 0 Å². The average Bonchev–Trinajstić information content (AvgIpc) is 2.66. The van der Waals surface area contributed by atoms with Crippen molar-refractivity contribution >= 4 is 0 Å². The first-order valence-corrected chi connectivity index (χ1v) is 6.46. The van der Waals surface area contributed by atoms with Crippen molar-refractivity contribution in [3.63, 3.8) is 0 Å². The Balaban J connectivity index is 1.54. The van der Waals surface area contributed by atoms with E-state index in [0.29, 0.717) is 0 Å². The maximum atomic E-state index is 3.40. The summed E-state index contributed by atoms with van der Waals surface area (Å²) < 4.78 is 0. The Kier molecular flexibility index (Phi) is 4.42. The molecule has 0 aromatic carbocycles. The van der Waals surface area contributed by atoms with E-state index >= 15 is 0 Å². The van der Waals surface area contributed by atoms with E-state index in [0.717, 1.165) is 5.92 Å². The summed E-state index contributed by atoms with van der Waals surface area (Å²) in [6.07, 6.45) is 4.27. The van der Waals surface area contributed by atoms with Gasteiger partial charge < -0.3 is 15.1 Å². The maximum Gasteiger partial charge on any atom is 0.0107 e. The van der Waals surface area contributed by atoms with Crippen LogP contribution >= 0.6 is 0 Å². The van der Waals surface area contributed by atoms with Gasteiger partial charge in [0, 0.05) is 32.7 Å². The molecule has 3 heteroatoms. The van der Waals surface area contributed by atoms with Crippen LogP contribution in [-0.2, 0) is 0 Å².